The van der Waals surface area contributed by atoms with E-state index >= 15 is 0 Å². The highest BCUT2D eigenvalue weighted by molar-refractivity contribution is 5.89. The van der Waals surface area contributed by atoms with E-state index in [4.69, 9.17) is 0 Å². The van der Waals surface area contributed by atoms with Crippen molar-refractivity contribution in [3.8, 4) is 22.3 Å². The summed E-state index contributed by atoms with van der Waals surface area (Å²) in [5, 5.41) is 10.4. The zero-order valence-corrected chi connectivity index (χ0v) is 29.0. The van der Waals surface area contributed by atoms with Crippen molar-refractivity contribution in [3.05, 3.63) is 108 Å². The van der Waals surface area contributed by atoms with E-state index in [1.807, 2.05) is 9.80 Å². The van der Waals surface area contributed by atoms with Crippen LogP contribution >= 0.6 is 0 Å². The molecule has 6 rings (SSSR count). The normalized spacial score (nSPS) is 16.6. The zero-order valence-electron chi connectivity index (χ0n) is 29.0. The molecule has 0 radical (unpaired) electrons. The average molecular weight is 753 g/mol. The number of carboxylic acid groups (broad SMARTS) is 1. The molecule has 0 atom stereocenters. The fourth-order valence-corrected chi connectivity index (χ4v) is 7.60. The molecular weight excluding hydrogens is 714 g/mol. The SMILES string of the molecule is O=CN(c1ccccc1-c1ccc(C(F)(F)F)cc1)C1CCN(C(C(=O)O)N2CCC(N(C=O)c3ccccc3-c3ccc(C(F)(F)F)cc3)CC2)CC1. The third-order valence-electron chi connectivity index (χ3n) is 10.3. The minimum Gasteiger partial charge on any atom is -0.479 e. The van der Waals surface area contributed by atoms with E-state index in [-0.39, 0.29) is 12.1 Å². The molecule has 284 valence electrons. The van der Waals surface area contributed by atoms with Crippen LogP contribution in [-0.4, -0.2) is 78.1 Å². The smallest absolute Gasteiger partial charge is 0.416 e. The second-order valence-corrected chi connectivity index (χ2v) is 13.5. The van der Waals surface area contributed by atoms with Gasteiger partial charge in [0.15, 0.2) is 6.17 Å². The van der Waals surface area contributed by atoms with Gasteiger partial charge in [-0.05, 0) is 73.2 Å². The van der Waals surface area contributed by atoms with Crippen molar-refractivity contribution < 1.29 is 45.8 Å². The summed E-state index contributed by atoms with van der Waals surface area (Å²) in [5.74, 6) is -1.02. The molecule has 54 heavy (non-hydrogen) atoms. The Morgan fingerprint density at radius 3 is 1.22 bits per heavy atom. The predicted octanol–water partition coefficient (Wildman–Crippen LogP) is 8.02. The number of hydrogen-bond donors (Lipinski definition) is 1. The number of carboxylic acids is 1. The van der Waals surface area contributed by atoms with Crippen molar-refractivity contribution in [2.75, 3.05) is 36.0 Å². The van der Waals surface area contributed by atoms with Crippen LogP contribution in [-0.2, 0) is 26.7 Å². The van der Waals surface area contributed by atoms with Gasteiger partial charge < -0.3 is 14.9 Å². The zero-order chi connectivity index (χ0) is 38.6. The fourth-order valence-electron chi connectivity index (χ4n) is 7.60. The van der Waals surface area contributed by atoms with E-state index in [1.54, 1.807) is 58.3 Å². The number of carbonyl (C=O) groups excluding carboxylic acids is 2. The number of para-hydroxylation sites is 2. The fraction of sp³-hybridized carbons (Fsp3) is 0.325. The predicted molar refractivity (Wildman–Crippen MR) is 191 cm³/mol. The van der Waals surface area contributed by atoms with Crippen LogP contribution in [0.25, 0.3) is 22.3 Å². The lowest BCUT2D eigenvalue weighted by atomic mass is 9.97. The van der Waals surface area contributed by atoms with Crippen molar-refractivity contribution in [1.29, 1.82) is 0 Å². The Morgan fingerprint density at radius 2 is 0.926 bits per heavy atom. The van der Waals surface area contributed by atoms with Crippen molar-refractivity contribution in [2.45, 2.75) is 56.3 Å². The maximum absolute atomic E-state index is 13.2. The van der Waals surface area contributed by atoms with Gasteiger partial charge in [-0.25, -0.2) is 4.79 Å². The number of piperidine rings is 2. The lowest BCUT2D eigenvalue weighted by molar-refractivity contribution is -0.153. The number of likely N-dealkylation sites (tertiary alicyclic amines) is 2. The number of anilines is 2. The Balaban J connectivity index is 1.11. The molecule has 2 fully saturated rings. The quantitative estimate of drug-likeness (QED) is 0.124. The van der Waals surface area contributed by atoms with Gasteiger partial charge in [0.05, 0.1) is 22.5 Å². The number of benzene rings is 4. The number of alkyl halides is 6. The highest BCUT2D eigenvalue weighted by Gasteiger charge is 2.39. The molecule has 14 heteroatoms. The number of carbonyl (C=O) groups is 3. The maximum Gasteiger partial charge on any atom is 0.416 e. The van der Waals surface area contributed by atoms with Crippen LogP contribution in [0.3, 0.4) is 0 Å². The number of rotatable bonds is 11. The number of nitrogens with zero attached hydrogens (tertiary/aromatic N) is 4. The molecule has 0 spiro atoms. The Morgan fingerprint density at radius 1 is 0.593 bits per heavy atom. The minimum absolute atomic E-state index is 0.277. The summed E-state index contributed by atoms with van der Waals surface area (Å²) in [5.41, 5.74) is 1.77. The molecule has 1 N–H and O–H groups in total. The first-order chi connectivity index (χ1) is 25.8. The van der Waals surface area contributed by atoms with Crippen molar-refractivity contribution in [1.82, 2.24) is 9.80 Å². The van der Waals surface area contributed by atoms with Crippen LogP contribution in [0.5, 0.6) is 0 Å². The minimum atomic E-state index is -4.48. The van der Waals surface area contributed by atoms with Crippen LogP contribution in [0.15, 0.2) is 97.1 Å². The standard InChI is InChI=1S/C40H38F6N4O4/c41-39(42,43)29-13-9-27(10-14-29)33-5-1-3-7-35(33)49(25-51)31-17-21-47(22-18-31)37(38(53)54)48-23-19-32(20-24-48)50(26-52)36-8-4-2-6-34(36)28-11-15-30(16-12-28)40(44,45)46/h1-16,25-26,31-32,37H,17-24H2,(H,53,54). The van der Waals surface area contributed by atoms with Crippen LogP contribution in [0, 0.1) is 0 Å². The molecule has 0 saturated carbocycles. The number of aliphatic carboxylic acids is 1. The number of hydrogen-bond acceptors (Lipinski definition) is 5. The van der Waals surface area contributed by atoms with Crippen molar-refractivity contribution in [3.63, 3.8) is 0 Å². The topological polar surface area (TPSA) is 84.4 Å². The van der Waals surface area contributed by atoms with Gasteiger partial charge in [-0.15, -0.1) is 0 Å². The van der Waals surface area contributed by atoms with E-state index in [9.17, 15) is 45.8 Å². The second kappa shape index (κ2) is 16.0. The molecule has 0 aromatic heterocycles. The molecule has 8 nitrogen and oxygen atoms in total. The summed E-state index contributed by atoms with van der Waals surface area (Å²) in [4.78, 5) is 44.6. The monoisotopic (exact) mass is 752 g/mol. The number of amides is 2. The molecule has 2 saturated heterocycles. The molecule has 4 aromatic rings. The van der Waals surface area contributed by atoms with Crippen LogP contribution in [0.2, 0.25) is 0 Å². The molecule has 4 aromatic carbocycles. The molecule has 0 bridgehead atoms. The van der Waals surface area contributed by atoms with Gasteiger partial charge in [-0.3, -0.25) is 19.4 Å². The van der Waals surface area contributed by atoms with Gasteiger partial charge in [0, 0.05) is 49.4 Å². The molecule has 2 aliphatic rings. The molecule has 2 aliphatic heterocycles. The first-order valence-corrected chi connectivity index (χ1v) is 17.5. The molecule has 2 amide bonds. The Labute approximate surface area is 308 Å². The van der Waals surface area contributed by atoms with Crippen LogP contribution < -0.4 is 9.80 Å². The summed E-state index contributed by atoms with van der Waals surface area (Å²) in [6, 6.07) is 22.9. The largest absolute Gasteiger partial charge is 0.479 e. The summed E-state index contributed by atoms with van der Waals surface area (Å²) < 4.78 is 79.1. The molecule has 0 unspecified atom stereocenters. The van der Waals surface area contributed by atoms with Crippen molar-refractivity contribution in [2.24, 2.45) is 0 Å². The third kappa shape index (κ3) is 8.29. The van der Waals surface area contributed by atoms with E-state index in [0.29, 0.717) is 98.3 Å². The van der Waals surface area contributed by atoms with E-state index in [1.165, 1.54) is 24.3 Å². The third-order valence-corrected chi connectivity index (χ3v) is 10.3. The van der Waals surface area contributed by atoms with Gasteiger partial charge >= 0.3 is 18.3 Å². The molecule has 0 aliphatic carbocycles. The Bertz CT molecular complexity index is 1790. The van der Waals surface area contributed by atoms with E-state index in [2.05, 4.69) is 0 Å². The van der Waals surface area contributed by atoms with Crippen LogP contribution in [0.1, 0.15) is 36.8 Å². The Kier molecular flexibility index (Phi) is 11.4. The van der Waals surface area contributed by atoms with Gasteiger partial charge in [0.1, 0.15) is 0 Å². The highest BCUT2D eigenvalue weighted by Crippen LogP contribution is 2.38. The van der Waals surface area contributed by atoms with Crippen LogP contribution in [0.4, 0.5) is 37.7 Å². The average Bonchev–Trinajstić information content (AvgIpc) is 3.16. The van der Waals surface area contributed by atoms with Crippen molar-refractivity contribution >= 4 is 30.2 Å². The summed E-state index contributed by atoms with van der Waals surface area (Å²) in [6.07, 6.45) is -6.66. The van der Waals surface area contributed by atoms with Gasteiger partial charge in [0.2, 0.25) is 12.8 Å². The van der Waals surface area contributed by atoms with Gasteiger partial charge in [-0.1, -0.05) is 60.7 Å². The summed E-state index contributed by atoms with van der Waals surface area (Å²) in [6.45, 7) is 1.48. The lowest BCUT2D eigenvalue weighted by Crippen LogP contribution is -2.59. The summed E-state index contributed by atoms with van der Waals surface area (Å²) in [7, 11) is 0. The first kappa shape index (κ1) is 38.5. The first-order valence-electron chi connectivity index (χ1n) is 17.5. The molecule has 2 heterocycles. The maximum atomic E-state index is 13.2. The van der Waals surface area contributed by atoms with Gasteiger partial charge in [0.25, 0.3) is 0 Å². The second-order valence-electron chi connectivity index (χ2n) is 13.5. The highest BCUT2D eigenvalue weighted by atomic mass is 19.4. The lowest BCUT2D eigenvalue weighted by Gasteiger charge is -2.45. The van der Waals surface area contributed by atoms with E-state index in [0.717, 1.165) is 24.3 Å². The Hall–Kier alpha value is -5.21. The number of halogens is 6. The summed E-state index contributed by atoms with van der Waals surface area (Å²) >= 11 is 0. The molecular formula is C40H38F6N4O4. The van der Waals surface area contributed by atoms with Gasteiger partial charge in [-0.2, -0.15) is 26.3 Å². The van der Waals surface area contributed by atoms with E-state index < -0.39 is 35.6 Å².